The highest BCUT2D eigenvalue weighted by molar-refractivity contribution is 5.93. The highest BCUT2D eigenvalue weighted by Gasteiger charge is 2.15. The molecule has 138 valence electrons. The number of hydrogen-bond acceptors (Lipinski definition) is 4. The summed E-state index contributed by atoms with van der Waals surface area (Å²) in [6.07, 6.45) is 2.09. The van der Waals surface area contributed by atoms with E-state index < -0.39 is 0 Å². The van der Waals surface area contributed by atoms with Gasteiger partial charge in [-0.25, -0.2) is 4.98 Å². The molecule has 1 aliphatic rings. The van der Waals surface area contributed by atoms with Crippen LogP contribution in [0, 0.1) is 0 Å². The predicted octanol–water partition coefficient (Wildman–Crippen LogP) is 3.17. The molecular formula is C22H24N4O. The number of amides is 1. The van der Waals surface area contributed by atoms with Gasteiger partial charge in [0.25, 0.3) is 0 Å². The van der Waals surface area contributed by atoms with Crippen LogP contribution in [0.25, 0.3) is 10.8 Å². The average molecular weight is 360 g/mol. The number of anilines is 2. The Morgan fingerprint density at radius 1 is 1.00 bits per heavy atom. The van der Waals surface area contributed by atoms with Crippen LogP contribution >= 0.6 is 0 Å². The van der Waals surface area contributed by atoms with Crippen LogP contribution < -0.4 is 10.2 Å². The second-order valence-electron chi connectivity index (χ2n) is 7.10. The van der Waals surface area contributed by atoms with E-state index in [9.17, 15) is 4.79 Å². The summed E-state index contributed by atoms with van der Waals surface area (Å²) in [5.74, 6) is 0.940. The number of piperazine rings is 1. The number of nitrogens with zero attached hydrogens (tertiary/aromatic N) is 3. The van der Waals surface area contributed by atoms with Gasteiger partial charge in [0.1, 0.15) is 5.82 Å². The fourth-order valence-corrected chi connectivity index (χ4v) is 3.42. The Kier molecular flexibility index (Phi) is 5.03. The molecule has 0 saturated carbocycles. The first-order valence-corrected chi connectivity index (χ1v) is 9.34. The van der Waals surface area contributed by atoms with E-state index in [1.165, 1.54) is 5.39 Å². The lowest BCUT2D eigenvalue weighted by atomic mass is 10.0. The maximum absolute atomic E-state index is 12.4. The summed E-state index contributed by atoms with van der Waals surface area (Å²) in [5, 5.41) is 5.29. The highest BCUT2D eigenvalue weighted by Crippen LogP contribution is 2.18. The molecule has 1 saturated heterocycles. The summed E-state index contributed by atoms with van der Waals surface area (Å²) >= 11 is 0. The zero-order chi connectivity index (χ0) is 18.6. The van der Waals surface area contributed by atoms with E-state index in [1.807, 2.05) is 30.3 Å². The van der Waals surface area contributed by atoms with Gasteiger partial charge in [0.2, 0.25) is 5.91 Å². The van der Waals surface area contributed by atoms with Gasteiger partial charge in [-0.1, -0.05) is 42.5 Å². The molecule has 1 aromatic heterocycles. The van der Waals surface area contributed by atoms with Gasteiger partial charge in [-0.15, -0.1) is 0 Å². The maximum atomic E-state index is 12.4. The van der Waals surface area contributed by atoms with Crippen molar-refractivity contribution in [3.8, 4) is 0 Å². The third-order valence-electron chi connectivity index (χ3n) is 5.04. The van der Waals surface area contributed by atoms with Crippen molar-refractivity contribution in [2.24, 2.45) is 0 Å². The topological polar surface area (TPSA) is 48.5 Å². The molecule has 0 radical (unpaired) electrons. The van der Waals surface area contributed by atoms with Gasteiger partial charge >= 0.3 is 0 Å². The Morgan fingerprint density at radius 2 is 1.78 bits per heavy atom. The molecule has 5 nitrogen and oxygen atoms in total. The first-order chi connectivity index (χ1) is 13.2. The molecule has 0 spiro atoms. The van der Waals surface area contributed by atoms with Crippen LogP contribution in [0.4, 0.5) is 11.5 Å². The minimum absolute atomic E-state index is 0.0283. The average Bonchev–Trinajstić information content (AvgIpc) is 2.69. The van der Waals surface area contributed by atoms with E-state index in [1.54, 1.807) is 6.20 Å². The Bertz CT molecular complexity index is 930. The first-order valence-electron chi connectivity index (χ1n) is 9.34. The number of rotatable bonds is 4. The lowest BCUT2D eigenvalue weighted by Crippen LogP contribution is -2.44. The highest BCUT2D eigenvalue weighted by atomic mass is 16.1. The van der Waals surface area contributed by atoms with E-state index in [2.05, 4.69) is 51.4 Å². The van der Waals surface area contributed by atoms with Crippen LogP contribution in [0.5, 0.6) is 0 Å². The third kappa shape index (κ3) is 4.26. The van der Waals surface area contributed by atoms with Crippen molar-refractivity contribution >= 4 is 28.2 Å². The number of carbonyl (C=O) groups excluding carboxylic acids is 1. The van der Waals surface area contributed by atoms with Crippen molar-refractivity contribution in [3.05, 3.63) is 66.4 Å². The lowest BCUT2D eigenvalue weighted by Gasteiger charge is -2.33. The molecule has 5 heteroatoms. The van der Waals surface area contributed by atoms with Crippen LogP contribution in [0.3, 0.4) is 0 Å². The molecule has 0 bridgehead atoms. The second-order valence-corrected chi connectivity index (χ2v) is 7.10. The molecule has 4 rings (SSSR count). The van der Waals surface area contributed by atoms with E-state index in [0.717, 1.165) is 48.6 Å². The summed E-state index contributed by atoms with van der Waals surface area (Å²) in [5.41, 5.74) is 1.74. The van der Waals surface area contributed by atoms with E-state index in [4.69, 9.17) is 0 Å². The van der Waals surface area contributed by atoms with Gasteiger partial charge in [0, 0.05) is 26.2 Å². The van der Waals surface area contributed by atoms with E-state index >= 15 is 0 Å². The van der Waals surface area contributed by atoms with Crippen LogP contribution in [0.1, 0.15) is 5.56 Å². The summed E-state index contributed by atoms with van der Waals surface area (Å²) in [7, 11) is 2.14. The molecule has 0 aliphatic carbocycles. The van der Waals surface area contributed by atoms with Gasteiger partial charge in [-0.05, 0) is 35.5 Å². The Balaban J connectivity index is 1.37. The number of likely N-dealkylation sites (N-methyl/N-ethyl adjacent to an activating group) is 1. The largest absolute Gasteiger partial charge is 0.354 e. The van der Waals surface area contributed by atoms with Crippen LogP contribution in [-0.2, 0) is 11.2 Å². The molecule has 1 amide bonds. The van der Waals surface area contributed by atoms with Crippen molar-refractivity contribution in [3.63, 3.8) is 0 Å². The standard InChI is InChI=1S/C22H24N4O/c1-25-10-12-26(13-11-25)21-9-8-20(16-23-21)24-22(27)15-17-6-7-18-4-2-3-5-19(18)14-17/h2-9,14,16H,10-13,15H2,1H3,(H,24,27). The van der Waals surface area contributed by atoms with Crippen LogP contribution in [0.2, 0.25) is 0 Å². The molecular weight excluding hydrogens is 336 g/mol. The second kappa shape index (κ2) is 7.76. The van der Waals surface area contributed by atoms with E-state index in [0.29, 0.717) is 6.42 Å². The van der Waals surface area contributed by atoms with Gasteiger partial charge in [-0.2, -0.15) is 0 Å². The summed E-state index contributed by atoms with van der Waals surface area (Å²) in [4.78, 5) is 21.5. The van der Waals surface area contributed by atoms with Crippen LogP contribution in [0.15, 0.2) is 60.8 Å². The Morgan fingerprint density at radius 3 is 2.52 bits per heavy atom. The summed E-state index contributed by atoms with van der Waals surface area (Å²) in [6.45, 7) is 4.06. The van der Waals surface area contributed by atoms with Crippen molar-refractivity contribution in [1.29, 1.82) is 0 Å². The molecule has 1 N–H and O–H groups in total. The predicted molar refractivity (Wildman–Crippen MR) is 110 cm³/mol. The van der Waals surface area contributed by atoms with Crippen molar-refractivity contribution in [2.75, 3.05) is 43.4 Å². The maximum Gasteiger partial charge on any atom is 0.228 e. The molecule has 1 fully saturated rings. The monoisotopic (exact) mass is 360 g/mol. The number of nitrogens with one attached hydrogen (secondary N) is 1. The van der Waals surface area contributed by atoms with Gasteiger partial charge < -0.3 is 15.1 Å². The molecule has 1 aliphatic heterocycles. The SMILES string of the molecule is CN1CCN(c2ccc(NC(=O)Cc3ccc4ccccc4c3)cn2)CC1. The quantitative estimate of drug-likeness (QED) is 0.776. The molecule has 27 heavy (non-hydrogen) atoms. The van der Waals surface area contributed by atoms with Gasteiger partial charge in [0.05, 0.1) is 18.3 Å². The third-order valence-corrected chi connectivity index (χ3v) is 5.04. The molecule has 0 atom stereocenters. The fraction of sp³-hybridized carbons (Fsp3) is 0.273. The van der Waals surface area contributed by atoms with E-state index in [-0.39, 0.29) is 5.91 Å². The number of aromatic nitrogens is 1. The summed E-state index contributed by atoms with van der Waals surface area (Å²) < 4.78 is 0. The number of benzene rings is 2. The molecule has 3 aromatic rings. The lowest BCUT2D eigenvalue weighted by molar-refractivity contribution is -0.115. The van der Waals surface area contributed by atoms with Crippen LogP contribution in [-0.4, -0.2) is 49.0 Å². The fourth-order valence-electron chi connectivity index (χ4n) is 3.42. The Labute approximate surface area is 159 Å². The number of fused-ring (bicyclic) bond motifs is 1. The minimum atomic E-state index is -0.0283. The first kappa shape index (κ1) is 17.5. The zero-order valence-electron chi connectivity index (χ0n) is 15.6. The Hall–Kier alpha value is -2.92. The molecule has 0 unspecified atom stereocenters. The number of hydrogen-bond donors (Lipinski definition) is 1. The van der Waals surface area contributed by atoms with Gasteiger partial charge in [0.15, 0.2) is 0 Å². The van der Waals surface area contributed by atoms with Crippen molar-refractivity contribution < 1.29 is 4.79 Å². The number of carbonyl (C=O) groups is 1. The number of pyridine rings is 1. The van der Waals surface area contributed by atoms with Crippen molar-refractivity contribution in [1.82, 2.24) is 9.88 Å². The molecule has 2 aromatic carbocycles. The van der Waals surface area contributed by atoms with Gasteiger partial charge in [-0.3, -0.25) is 4.79 Å². The smallest absolute Gasteiger partial charge is 0.228 e. The molecule has 2 heterocycles. The van der Waals surface area contributed by atoms with Crippen molar-refractivity contribution in [2.45, 2.75) is 6.42 Å². The minimum Gasteiger partial charge on any atom is -0.354 e. The summed E-state index contributed by atoms with van der Waals surface area (Å²) in [6, 6.07) is 18.2. The zero-order valence-corrected chi connectivity index (χ0v) is 15.6. The normalized spacial score (nSPS) is 15.1.